The van der Waals surface area contributed by atoms with E-state index in [0.29, 0.717) is 22.8 Å². The molecule has 9 heteroatoms. The minimum Gasteiger partial charge on any atom is -0.497 e. The van der Waals surface area contributed by atoms with E-state index in [1.807, 2.05) is 30.3 Å². The SMILES string of the molecule is COc1ccc(N=Nc2c(-c3ccccc3)[nH]n(-c3ccc([N+](=O)[O-])cc3)c2=O)cc1. The van der Waals surface area contributed by atoms with Crippen molar-refractivity contribution in [2.45, 2.75) is 0 Å². The van der Waals surface area contributed by atoms with Crippen LogP contribution in [0.4, 0.5) is 17.1 Å². The van der Waals surface area contributed by atoms with E-state index in [-0.39, 0.29) is 11.4 Å². The molecule has 0 bridgehead atoms. The number of nitrogens with one attached hydrogen (secondary N) is 1. The lowest BCUT2D eigenvalue weighted by Crippen LogP contribution is -2.13. The molecule has 4 rings (SSSR count). The van der Waals surface area contributed by atoms with Crippen LogP contribution >= 0.6 is 0 Å². The lowest BCUT2D eigenvalue weighted by molar-refractivity contribution is -0.384. The zero-order valence-corrected chi connectivity index (χ0v) is 16.4. The van der Waals surface area contributed by atoms with Gasteiger partial charge in [0.2, 0.25) is 0 Å². The van der Waals surface area contributed by atoms with Crippen LogP contribution in [0.25, 0.3) is 16.9 Å². The number of non-ortho nitro benzene ring substituents is 1. The quantitative estimate of drug-likeness (QED) is 0.266. The van der Waals surface area contributed by atoms with Crippen molar-refractivity contribution in [2.24, 2.45) is 10.2 Å². The number of azo groups is 1. The van der Waals surface area contributed by atoms with E-state index >= 15 is 0 Å². The summed E-state index contributed by atoms with van der Waals surface area (Å²) in [6.45, 7) is 0. The van der Waals surface area contributed by atoms with E-state index in [1.54, 1.807) is 31.4 Å². The van der Waals surface area contributed by atoms with Gasteiger partial charge in [-0.1, -0.05) is 30.3 Å². The highest BCUT2D eigenvalue weighted by Crippen LogP contribution is 2.28. The summed E-state index contributed by atoms with van der Waals surface area (Å²) in [5.41, 5.74) is 1.88. The van der Waals surface area contributed by atoms with Crippen LogP contribution in [0.3, 0.4) is 0 Å². The Kier molecular flexibility index (Phi) is 5.39. The zero-order valence-electron chi connectivity index (χ0n) is 16.4. The van der Waals surface area contributed by atoms with Crippen LogP contribution in [0.1, 0.15) is 0 Å². The van der Waals surface area contributed by atoms with Gasteiger partial charge in [0.15, 0.2) is 5.69 Å². The van der Waals surface area contributed by atoms with E-state index in [1.165, 1.54) is 28.9 Å². The number of benzene rings is 3. The summed E-state index contributed by atoms with van der Waals surface area (Å²) < 4.78 is 6.42. The predicted octanol–water partition coefficient (Wildman–Crippen LogP) is 5.16. The van der Waals surface area contributed by atoms with Crippen LogP contribution < -0.4 is 10.3 Å². The second-order valence-corrected chi connectivity index (χ2v) is 6.51. The number of ether oxygens (including phenoxy) is 1. The molecule has 4 aromatic rings. The molecule has 154 valence electrons. The summed E-state index contributed by atoms with van der Waals surface area (Å²) in [7, 11) is 1.57. The fourth-order valence-corrected chi connectivity index (χ4v) is 2.99. The molecule has 0 amide bonds. The summed E-state index contributed by atoms with van der Waals surface area (Å²) in [5, 5.41) is 22.4. The third kappa shape index (κ3) is 4.10. The van der Waals surface area contributed by atoms with Crippen molar-refractivity contribution in [2.75, 3.05) is 7.11 Å². The first kappa shape index (κ1) is 19.8. The van der Waals surface area contributed by atoms with E-state index < -0.39 is 10.5 Å². The number of hydrogen-bond donors (Lipinski definition) is 1. The molecule has 0 fully saturated rings. The molecule has 0 atom stereocenters. The van der Waals surface area contributed by atoms with Crippen LogP contribution in [0.15, 0.2) is 93.9 Å². The van der Waals surface area contributed by atoms with Crippen molar-refractivity contribution in [3.05, 3.63) is 99.3 Å². The molecule has 0 aliphatic heterocycles. The third-order valence-corrected chi connectivity index (χ3v) is 4.59. The maximum atomic E-state index is 13.1. The monoisotopic (exact) mass is 415 g/mol. The summed E-state index contributed by atoms with van der Waals surface area (Å²) >= 11 is 0. The molecule has 0 spiro atoms. The standard InChI is InChI=1S/C22H17N5O4/c1-31-19-13-7-16(8-14-19)23-24-21-20(15-5-3-2-4-6-15)25-26(22(21)28)17-9-11-18(12-10-17)27(29)30/h2-14,25H,1H3. The van der Waals surface area contributed by atoms with E-state index in [4.69, 9.17) is 4.74 Å². The van der Waals surface area contributed by atoms with E-state index in [9.17, 15) is 14.9 Å². The van der Waals surface area contributed by atoms with Gasteiger partial charge in [0.1, 0.15) is 5.75 Å². The fourth-order valence-electron chi connectivity index (χ4n) is 2.99. The first-order valence-electron chi connectivity index (χ1n) is 9.28. The average Bonchev–Trinajstić information content (AvgIpc) is 3.14. The topological polar surface area (TPSA) is 115 Å². The first-order chi connectivity index (χ1) is 15.1. The predicted molar refractivity (Wildman–Crippen MR) is 116 cm³/mol. The minimum atomic E-state index is -0.495. The van der Waals surface area contributed by atoms with Gasteiger partial charge in [-0.15, -0.1) is 5.11 Å². The van der Waals surface area contributed by atoms with Gasteiger partial charge in [0, 0.05) is 17.7 Å². The summed E-state index contributed by atoms with van der Waals surface area (Å²) in [4.78, 5) is 23.5. The Hall–Kier alpha value is -4.53. The number of H-pyrrole nitrogens is 1. The molecular formula is C22H17N5O4. The Bertz CT molecular complexity index is 1290. The molecule has 0 saturated carbocycles. The maximum Gasteiger partial charge on any atom is 0.299 e. The molecule has 0 aliphatic rings. The van der Waals surface area contributed by atoms with Crippen molar-refractivity contribution in [1.29, 1.82) is 0 Å². The number of methoxy groups -OCH3 is 1. The Morgan fingerprint density at radius 3 is 2.23 bits per heavy atom. The number of aromatic amines is 1. The Labute approximate surface area is 176 Å². The highest BCUT2D eigenvalue weighted by atomic mass is 16.6. The normalized spacial score (nSPS) is 11.0. The number of hydrogen-bond acceptors (Lipinski definition) is 6. The molecule has 3 aromatic carbocycles. The highest BCUT2D eigenvalue weighted by Gasteiger charge is 2.17. The molecule has 1 N–H and O–H groups in total. The number of rotatable bonds is 6. The lowest BCUT2D eigenvalue weighted by Gasteiger charge is -2.01. The molecule has 1 aromatic heterocycles. The number of nitrogens with zero attached hydrogens (tertiary/aromatic N) is 4. The molecule has 1 heterocycles. The maximum absolute atomic E-state index is 13.1. The van der Waals surface area contributed by atoms with E-state index in [2.05, 4.69) is 15.3 Å². The molecule has 31 heavy (non-hydrogen) atoms. The van der Waals surface area contributed by atoms with Crippen molar-refractivity contribution >= 4 is 17.1 Å². The van der Waals surface area contributed by atoms with Gasteiger partial charge in [-0.3, -0.25) is 20.0 Å². The fraction of sp³-hybridized carbons (Fsp3) is 0.0455. The summed E-state index contributed by atoms with van der Waals surface area (Å²) in [5.74, 6) is 0.686. The largest absolute Gasteiger partial charge is 0.497 e. The molecule has 0 saturated heterocycles. The number of nitro groups is 1. The van der Waals surface area contributed by atoms with Crippen LogP contribution in [0.2, 0.25) is 0 Å². The molecule has 0 aliphatic carbocycles. The van der Waals surface area contributed by atoms with Gasteiger partial charge < -0.3 is 4.74 Å². The van der Waals surface area contributed by atoms with Crippen LogP contribution in [0.5, 0.6) is 5.75 Å². The highest BCUT2D eigenvalue weighted by molar-refractivity contribution is 5.72. The van der Waals surface area contributed by atoms with Crippen LogP contribution in [-0.4, -0.2) is 21.8 Å². The second-order valence-electron chi connectivity index (χ2n) is 6.51. The second kappa shape index (κ2) is 8.46. The minimum absolute atomic E-state index is 0.0638. The van der Waals surface area contributed by atoms with Crippen molar-refractivity contribution in [1.82, 2.24) is 9.78 Å². The zero-order chi connectivity index (χ0) is 21.8. The third-order valence-electron chi connectivity index (χ3n) is 4.59. The smallest absolute Gasteiger partial charge is 0.299 e. The Balaban J connectivity index is 1.79. The van der Waals surface area contributed by atoms with Gasteiger partial charge in [-0.05, 0) is 36.4 Å². The Morgan fingerprint density at radius 2 is 1.61 bits per heavy atom. The summed E-state index contributed by atoms with van der Waals surface area (Å²) in [6, 6.07) is 21.9. The Morgan fingerprint density at radius 1 is 0.935 bits per heavy atom. The molecule has 9 nitrogen and oxygen atoms in total. The molecule has 0 radical (unpaired) electrons. The number of nitro benzene ring substituents is 1. The lowest BCUT2D eigenvalue weighted by atomic mass is 10.1. The van der Waals surface area contributed by atoms with Gasteiger partial charge in [-0.2, -0.15) is 5.11 Å². The van der Waals surface area contributed by atoms with Gasteiger partial charge in [-0.25, -0.2) is 4.68 Å². The molecular weight excluding hydrogens is 398 g/mol. The van der Waals surface area contributed by atoms with Crippen molar-refractivity contribution < 1.29 is 9.66 Å². The van der Waals surface area contributed by atoms with Crippen molar-refractivity contribution in [3.8, 4) is 22.7 Å². The molecule has 0 unspecified atom stereocenters. The van der Waals surface area contributed by atoms with Gasteiger partial charge in [0.05, 0.1) is 29.1 Å². The average molecular weight is 415 g/mol. The van der Waals surface area contributed by atoms with Gasteiger partial charge >= 0.3 is 0 Å². The van der Waals surface area contributed by atoms with Crippen LogP contribution in [0, 0.1) is 10.1 Å². The van der Waals surface area contributed by atoms with Gasteiger partial charge in [0.25, 0.3) is 11.2 Å². The van der Waals surface area contributed by atoms with Crippen LogP contribution in [-0.2, 0) is 0 Å². The van der Waals surface area contributed by atoms with Crippen molar-refractivity contribution in [3.63, 3.8) is 0 Å². The first-order valence-corrected chi connectivity index (χ1v) is 9.28. The summed E-state index contributed by atoms with van der Waals surface area (Å²) in [6.07, 6.45) is 0. The number of aromatic nitrogens is 2. The van der Waals surface area contributed by atoms with E-state index in [0.717, 1.165) is 5.56 Å².